The van der Waals surface area contributed by atoms with Gasteiger partial charge in [0, 0.05) is 29.5 Å². The molecule has 130 valence electrons. The third-order valence-corrected chi connectivity index (χ3v) is 3.40. The number of nitrogens with two attached hydrogens (primary N) is 1. The van der Waals surface area contributed by atoms with Crippen molar-refractivity contribution < 1.29 is 14.4 Å². The first-order valence-electron chi connectivity index (χ1n) is 7.68. The average molecular weight is 340 g/mol. The summed E-state index contributed by atoms with van der Waals surface area (Å²) in [6.45, 7) is 3.12. The van der Waals surface area contributed by atoms with Crippen LogP contribution in [-0.2, 0) is 9.59 Å². The second kappa shape index (κ2) is 8.07. The van der Waals surface area contributed by atoms with Gasteiger partial charge in [0.15, 0.2) is 0 Å². The summed E-state index contributed by atoms with van der Waals surface area (Å²) in [6, 6.07) is 11.8. The van der Waals surface area contributed by atoms with Crippen LogP contribution in [0.4, 0.5) is 17.1 Å². The molecule has 7 heteroatoms. The molecular formula is C18H20N4O3. The van der Waals surface area contributed by atoms with Gasteiger partial charge >= 0.3 is 0 Å². The molecule has 0 aliphatic rings. The fraction of sp³-hybridized carbons (Fsp3) is 0.167. The molecule has 2 aromatic carbocycles. The number of hydrogen-bond donors (Lipinski definition) is 4. The highest BCUT2D eigenvalue weighted by Gasteiger charge is 2.09. The van der Waals surface area contributed by atoms with Crippen molar-refractivity contribution in [3.05, 3.63) is 53.6 Å². The van der Waals surface area contributed by atoms with Crippen LogP contribution in [0.2, 0.25) is 0 Å². The van der Waals surface area contributed by atoms with Crippen LogP contribution in [0.25, 0.3) is 0 Å². The van der Waals surface area contributed by atoms with Gasteiger partial charge in [0.25, 0.3) is 5.91 Å². The highest BCUT2D eigenvalue weighted by molar-refractivity contribution is 6.05. The predicted octanol–water partition coefficient (Wildman–Crippen LogP) is 2.10. The Hall–Kier alpha value is -3.19. The smallest absolute Gasteiger partial charge is 0.255 e. The maximum absolute atomic E-state index is 12.4. The van der Waals surface area contributed by atoms with Crippen LogP contribution >= 0.6 is 0 Å². The molecule has 0 atom stereocenters. The molecule has 2 rings (SSSR count). The standard InChI is InChI=1S/C18H20N4O3/c1-11-6-7-15(9-16(11)22-17(24)10-19)21-18(25)13-4-3-5-14(8-13)20-12(2)23/h3-9H,10,19H2,1-2H3,(H,20,23)(H,21,25)(H,22,24). The highest BCUT2D eigenvalue weighted by Crippen LogP contribution is 2.21. The monoisotopic (exact) mass is 340 g/mol. The van der Waals surface area contributed by atoms with Crippen LogP contribution in [0, 0.1) is 6.92 Å². The molecule has 0 fully saturated rings. The summed E-state index contributed by atoms with van der Waals surface area (Å²) in [6.07, 6.45) is 0. The van der Waals surface area contributed by atoms with E-state index in [0.29, 0.717) is 22.6 Å². The molecule has 0 unspecified atom stereocenters. The van der Waals surface area contributed by atoms with E-state index in [1.807, 2.05) is 6.92 Å². The third-order valence-electron chi connectivity index (χ3n) is 3.40. The quantitative estimate of drug-likeness (QED) is 0.667. The Morgan fingerprint density at radius 1 is 0.960 bits per heavy atom. The van der Waals surface area contributed by atoms with Gasteiger partial charge in [-0.25, -0.2) is 0 Å². The van der Waals surface area contributed by atoms with Crippen molar-refractivity contribution in [1.29, 1.82) is 0 Å². The van der Waals surface area contributed by atoms with Crippen LogP contribution < -0.4 is 21.7 Å². The molecule has 2 aromatic rings. The number of anilines is 3. The molecule has 7 nitrogen and oxygen atoms in total. The van der Waals surface area contributed by atoms with Gasteiger partial charge in [-0.1, -0.05) is 12.1 Å². The molecule has 0 bridgehead atoms. The van der Waals surface area contributed by atoms with Gasteiger partial charge in [-0.05, 0) is 42.8 Å². The van der Waals surface area contributed by atoms with Crippen LogP contribution in [0.1, 0.15) is 22.8 Å². The maximum atomic E-state index is 12.4. The number of carbonyl (C=O) groups excluding carboxylic acids is 3. The highest BCUT2D eigenvalue weighted by atomic mass is 16.2. The summed E-state index contributed by atoms with van der Waals surface area (Å²) in [5.41, 5.74) is 8.22. The molecule has 0 saturated carbocycles. The average Bonchev–Trinajstić information content (AvgIpc) is 2.57. The van der Waals surface area contributed by atoms with Gasteiger partial charge in [0.2, 0.25) is 11.8 Å². The summed E-state index contributed by atoms with van der Waals surface area (Å²) >= 11 is 0. The SMILES string of the molecule is CC(=O)Nc1cccc(C(=O)Nc2ccc(C)c(NC(=O)CN)c2)c1. The van der Waals surface area contributed by atoms with E-state index >= 15 is 0 Å². The lowest BCUT2D eigenvalue weighted by atomic mass is 10.1. The van der Waals surface area contributed by atoms with E-state index in [0.717, 1.165) is 5.56 Å². The Labute approximate surface area is 145 Å². The molecule has 0 saturated heterocycles. The van der Waals surface area contributed by atoms with Gasteiger partial charge in [-0.3, -0.25) is 14.4 Å². The first kappa shape index (κ1) is 18.2. The maximum Gasteiger partial charge on any atom is 0.255 e. The first-order valence-corrected chi connectivity index (χ1v) is 7.68. The van der Waals surface area contributed by atoms with Crippen molar-refractivity contribution in [2.75, 3.05) is 22.5 Å². The van der Waals surface area contributed by atoms with Crippen molar-refractivity contribution in [1.82, 2.24) is 0 Å². The third kappa shape index (κ3) is 5.15. The van der Waals surface area contributed by atoms with E-state index in [4.69, 9.17) is 5.73 Å². The van der Waals surface area contributed by atoms with Gasteiger partial charge in [-0.15, -0.1) is 0 Å². The normalized spacial score (nSPS) is 10.0. The van der Waals surface area contributed by atoms with E-state index < -0.39 is 0 Å². The Bertz CT molecular complexity index is 818. The lowest BCUT2D eigenvalue weighted by Gasteiger charge is -2.11. The fourth-order valence-electron chi connectivity index (χ4n) is 2.18. The molecule has 5 N–H and O–H groups in total. The zero-order chi connectivity index (χ0) is 18.4. The number of nitrogens with one attached hydrogen (secondary N) is 3. The Morgan fingerprint density at radius 3 is 2.36 bits per heavy atom. The van der Waals surface area contributed by atoms with Crippen LogP contribution in [-0.4, -0.2) is 24.3 Å². The number of hydrogen-bond acceptors (Lipinski definition) is 4. The van der Waals surface area contributed by atoms with Crippen molar-refractivity contribution in [3.63, 3.8) is 0 Å². The van der Waals surface area contributed by atoms with Gasteiger partial charge < -0.3 is 21.7 Å². The fourth-order valence-corrected chi connectivity index (χ4v) is 2.18. The summed E-state index contributed by atoms with van der Waals surface area (Å²) in [7, 11) is 0. The van der Waals surface area contributed by atoms with Gasteiger partial charge in [0.1, 0.15) is 0 Å². The molecule has 0 radical (unpaired) electrons. The number of rotatable bonds is 5. The molecule has 3 amide bonds. The summed E-state index contributed by atoms with van der Waals surface area (Å²) < 4.78 is 0. The lowest BCUT2D eigenvalue weighted by Crippen LogP contribution is -2.22. The molecular weight excluding hydrogens is 320 g/mol. The van der Waals surface area contributed by atoms with E-state index in [2.05, 4.69) is 16.0 Å². The minimum Gasteiger partial charge on any atom is -0.326 e. The van der Waals surface area contributed by atoms with E-state index in [9.17, 15) is 14.4 Å². The number of carbonyl (C=O) groups is 3. The minimum absolute atomic E-state index is 0.119. The number of benzene rings is 2. The van der Waals surface area contributed by atoms with E-state index in [1.165, 1.54) is 6.92 Å². The topological polar surface area (TPSA) is 113 Å². The number of aryl methyl sites for hydroxylation is 1. The predicted molar refractivity (Wildman–Crippen MR) is 97.6 cm³/mol. The Morgan fingerprint density at radius 2 is 1.68 bits per heavy atom. The summed E-state index contributed by atoms with van der Waals surface area (Å²) in [5.74, 6) is -0.849. The first-order chi connectivity index (χ1) is 11.9. The Balaban J connectivity index is 2.16. The van der Waals surface area contributed by atoms with E-state index in [1.54, 1.807) is 42.5 Å². The summed E-state index contributed by atoms with van der Waals surface area (Å²) in [5, 5.41) is 8.07. The van der Waals surface area contributed by atoms with Gasteiger partial charge in [0.05, 0.1) is 6.54 Å². The molecule has 0 spiro atoms. The largest absolute Gasteiger partial charge is 0.326 e. The van der Waals surface area contributed by atoms with Crippen molar-refractivity contribution in [2.24, 2.45) is 5.73 Å². The number of amides is 3. The van der Waals surface area contributed by atoms with Gasteiger partial charge in [-0.2, -0.15) is 0 Å². The minimum atomic E-state index is -0.327. The Kier molecular flexibility index (Phi) is 5.86. The second-order valence-corrected chi connectivity index (χ2v) is 5.50. The molecule has 0 aliphatic heterocycles. The zero-order valence-electron chi connectivity index (χ0n) is 14.1. The molecule has 0 heterocycles. The van der Waals surface area contributed by atoms with Crippen LogP contribution in [0.3, 0.4) is 0 Å². The van der Waals surface area contributed by atoms with E-state index in [-0.39, 0.29) is 24.3 Å². The van der Waals surface area contributed by atoms with Crippen molar-refractivity contribution in [3.8, 4) is 0 Å². The second-order valence-electron chi connectivity index (χ2n) is 5.50. The zero-order valence-corrected chi connectivity index (χ0v) is 14.1. The van der Waals surface area contributed by atoms with Crippen LogP contribution in [0.5, 0.6) is 0 Å². The summed E-state index contributed by atoms with van der Waals surface area (Å²) in [4.78, 5) is 35.0. The van der Waals surface area contributed by atoms with Crippen molar-refractivity contribution >= 4 is 34.8 Å². The molecule has 0 aliphatic carbocycles. The lowest BCUT2D eigenvalue weighted by molar-refractivity contribution is -0.115. The van der Waals surface area contributed by atoms with Crippen molar-refractivity contribution in [2.45, 2.75) is 13.8 Å². The van der Waals surface area contributed by atoms with Crippen LogP contribution in [0.15, 0.2) is 42.5 Å². The molecule has 0 aromatic heterocycles. The molecule has 25 heavy (non-hydrogen) atoms.